The second-order valence-electron chi connectivity index (χ2n) is 7.79. The van der Waals surface area contributed by atoms with E-state index in [0.717, 1.165) is 62.1 Å². The molecule has 0 saturated carbocycles. The van der Waals surface area contributed by atoms with Crippen molar-refractivity contribution >= 4 is 11.6 Å². The number of aromatic nitrogens is 2. The first-order valence-corrected chi connectivity index (χ1v) is 10.7. The maximum absolute atomic E-state index is 13.3. The first-order chi connectivity index (χ1) is 14.6. The summed E-state index contributed by atoms with van der Waals surface area (Å²) >= 11 is 0. The Morgan fingerprint density at radius 3 is 2.57 bits per heavy atom. The van der Waals surface area contributed by atoms with Gasteiger partial charge in [0.2, 0.25) is 5.95 Å². The van der Waals surface area contributed by atoms with Gasteiger partial charge in [0.25, 0.3) is 5.56 Å². The zero-order chi connectivity index (χ0) is 21.1. The Labute approximate surface area is 177 Å². The number of nitrogens with zero attached hydrogens (tertiary/aromatic N) is 5. The van der Waals surface area contributed by atoms with Crippen LogP contribution in [0, 0.1) is 6.92 Å². The van der Waals surface area contributed by atoms with E-state index in [-0.39, 0.29) is 5.56 Å². The Hall–Kier alpha value is -2.42. The highest BCUT2D eigenvalue weighted by Crippen LogP contribution is 2.34. The maximum Gasteiger partial charge on any atom is 0.259 e. The van der Waals surface area contributed by atoms with Gasteiger partial charge in [-0.1, -0.05) is 19.1 Å². The van der Waals surface area contributed by atoms with Gasteiger partial charge in [0.15, 0.2) is 0 Å². The Kier molecular flexibility index (Phi) is 6.36. The van der Waals surface area contributed by atoms with Crippen LogP contribution in [0.15, 0.2) is 29.1 Å². The van der Waals surface area contributed by atoms with Gasteiger partial charge in [0, 0.05) is 37.4 Å². The van der Waals surface area contributed by atoms with Crippen LogP contribution in [-0.4, -0.2) is 72.5 Å². The summed E-state index contributed by atoms with van der Waals surface area (Å²) in [7, 11) is 1.67. The number of anilines is 2. The number of methoxy groups -OCH3 is 1. The van der Waals surface area contributed by atoms with Gasteiger partial charge < -0.3 is 9.47 Å². The molecule has 0 radical (unpaired) electrons. The first-order valence-electron chi connectivity index (χ1n) is 10.7. The number of hydrogen-bond donors (Lipinski definition) is 0. The summed E-state index contributed by atoms with van der Waals surface area (Å²) in [4.78, 5) is 24.9. The number of fused-ring (bicyclic) bond motifs is 1. The normalized spacial score (nSPS) is 17.8. The van der Waals surface area contributed by atoms with Gasteiger partial charge >= 0.3 is 0 Å². The Morgan fingerprint density at radius 1 is 1.10 bits per heavy atom. The van der Waals surface area contributed by atoms with E-state index in [4.69, 9.17) is 14.5 Å². The molecule has 2 aromatic rings. The second-order valence-corrected chi connectivity index (χ2v) is 7.79. The molecule has 0 bridgehead atoms. The molecular weight excluding hydrogens is 382 g/mol. The number of rotatable bonds is 6. The predicted molar refractivity (Wildman–Crippen MR) is 117 cm³/mol. The van der Waals surface area contributed by atoms with Crippen LogP contribution in [0.4, 0.5) is 11.6 Å². The predicted octanol–water partition coefficient (Wildman–Crippen LogP) is 1.82. The van der Waals surface area contributed by atoms with E-state index in [2.05, 4.69) is 14.7 Å². The van der Waals surface area contributed by atoms with E-state index in [9.17, 15) is 4.79 Å². The third kappa shape index (κ3) is 4.08. The summed E-state index contributed by atoms with van der Waals surface area (Å²) in [5.41, 5.74) is 2.56. The molecule has 0 amide bonds. The highest BCUT2D eigenvalue weighted by molar-refractivity contribution is 5.66. The van der Waals surface area contributed by atoms with Crippen molar-refractivity contribution in [2.75, 3.05) is 58.1 Å². The number of hydrogen-bond acceptors (Lipinski definition) is 7. The molecule has 0 spiro atoms. The highest BCUT2D eigenvalue weighted by atomic mass is 16.5. The lowest BCUT2D eigenvalue weighted by atomic mass is 10.2. The number of morpholine rings is 1. The Bertz CT molecular complexity index is 939. The van der Waals surface area contributed by atoms with Gasteiger partial charge in [-0.2, -0.15) is 0 Å². The van der Waals surface area contributed by atoms with Crippen molar-refractivity contribution in [3.8, 4) is 5.75 Å². The van der Waals surface area contributed by atoms with E-state index in [0.29, 0.717) is 25.7 Å². The quantitative estimate of drug-likeness (QED) is 0.716. The van der Waals surface area contributed by atoms with E-state index >= 15 is 0 Å². The lowest BCUT2D eigenvalue weighted by Gasteiger charge is -2.39. The summed E-state index contributed by atoms with van der Waals surface area (Å²) in [5, 5.41) is 0. The fourth-order valence-electron chi connectivity index (χ4n) is 4.22. The van der Waals surface area contributed by atoms with Crippen molar-refractivity contribution in [1.29, 1.82) is 0 Å². The summed E-state index contributed by atoms with van der Waals surface area (Å²) in [6.07, 6.45) is 0.681. The van der Waals surface area contributed by atoms with Crippen LogP contribution >= 0.6 is 0 Å². The van der Waals surface area contributed by atoms with Gasteiger partial charge in [-0.25, -0.2) is 4.98 Å². The van der Waals surface area contributed by atoms with Crippen molar-refractivity contribution in [2.24, 2.45) is 0 Å². The molecule has 0 aliphatic carbocycles. The summed E-state index contributed by atoms with van der Waals surface area (Å²) in [5.74, 6) is 1.45. The van der Waals surface area contributed by atoms with E-state index in [1.165, 1.54) is 0 Å². The van der Waals surface area contributed by atoms with Crippen LogP contribution in [0.25, 0.3) is 0 Å². The lowest BCUT2D eigenvalue weighted by molar-refractivity contribution is 0.0310. The van der Waals surface area contributed by atoms with Crippen molar-refractivity contribution in [2.45, 2.75) is 26.9 Å². The first kappa shape index (κ1) is 20.8. The average Bonchev–Trinajstić information content (AvgIpc) is 2.78. The third-order valence-electron chi connectivity index (χ3n) is 5.94. The van der Waals surface area contributed by atoms with Crippen molar-refractivity contribution < 1.29 is 9.47 Å². The van der Waals surface area contributed by atoms with Crippen molar-refractivity contribution in [3.63, 3.8) is 0 Å². The summed E-state index contributed by atoms with van der Waals surface area (Å²) < 4.78 is 12.9. The molecule has 162 valence electrons. The van der Waals surface area contributed by atoms with Gasteiger partial charge in [-0.05, 0) is 25.5 Å². The number of aryl methyl sites for hydroxylation is 1. The minimum absolute atomic E-state index is 0.0518. The number of benzene rings is 1. The molecule has 0 atom stereocenters. The summed E-state index contributed by atoms with van der Waals surface area (Å²) in [6, 6.07) is 7.90. The number of para-hydroxylation sites is 2. The zero-order valence-corrected chi connectivity index (χ0v) is 18.1. The maximum atomic E-state index is 13.3. The van der Waals surface area contributed by atoms with Crippen LogP contribution in [0.5, 0.6) is 5.75 Å². The van der Waals surface area contributed by atoms with Crippen LogP contribution < -0.4 is 15.2 Å². The molecule has 1 aromatic carbocycles. The molecule has 2 aliphatic rings. The minimum Gasteiger partial charge on any atom is -0.495 e. The van der Waals surface area contributed by atoms with Crippen LogP contribution in [-0.2, 0) is 17.8 Å². The average molecular weight is 414 g/mol. The van der Waals surface area contributed by atoms with Gasteiger partial charge in [-0.15, -0.1) is 0 Å². The van der Waals surface area contributed by atoms with Gasteiger partial charge in [0.1, 0.15) is 5.75 Å². The SMILES string of the molecule is CCc1c(C)nc2n(c1=O)CN(CCN1CCOCC1)CN2c1ccccc1OC. The van der Waals surface area contributed by atoms with Crippen LogP contribution in [0.3, 0.4) is 0 Å². The Balaban J connectivity index is 1.69. The van der Waals surface area contributed by atoms with Crippen molar-refractivity contribution in [3.05, 3.63) is 45.9 Å². The number of ether oxygens (including phenoxy) is 2. The molecule has 3 heterocycles. The van der Waals surface area contributed by atoms with Crippen molar-refractivity contribution in [1.82, 2.24) is 19.4 Å². The zero-order valence-electron chi connectivity index (χ0n) is 18.1. The fourth-order valence-corrected chi connectivity index (χ4v) is 4.22. The lowest BCUT2D eigenvalue weighted by Crippen LogP contribution is -2.50. The van der Waals surface area contributed by atoms with Gasteiger partial charge in [-0.3, -0.25) is 24.1 Å². The molecule has 2 aliphatic heterocycles. The van der Waals surface area contributed by atoms with E-state index < -0.39 is 0 Å². The molecule has 1 aromatic heterocycles. The third-order valence-corrected chi connectivity index (χ3v) is 5.94. The fraction of sp³-hybridized carbons (Fsp3) is 0.545. The second kappa shape index (κ2) is 9.16. The smallest absolute Gasteiger partial charge is 0.259 e. The standard InChI is InChI=1S/C22H31N5O3/c1-4-18-17(2)23-22-26(19-7-5-6-8-20(19)29-3)15-25(16-27(22)21(18)28)10-9-24-11-13-30-14-12-24/h5-8H,4,9-16H2,1-3H3. The van der Waals surface area contributed by atoms with E-state index in [1.54, 1.807) is 11.7 Å². The molecule has 0 N–H and O–H groups in total. The molecule has 8 heteroatoms. The molecule has 1 saturated heterocycles. The minimum atomic E-state index is 0.0518. The molecule has 30 heavy (non-hydrogen) atoms. The molecule has 8 nitrogen and oxygen atoms in total. The largest absolute Gasteiger partial charge is 0.495 e. The van der Waals surface area contributed by atoms with Crippen LogP contribution in [0.1, 0.15) is 18.2 Å². The van der Waals surface area contributed by atoms with Gasteiger partial charge in [0.05, 0.1) is 39.3 Å². The molecule has 1 fully saturated rings. The molecule has 4 rings (SSSR count). The van der Waals surface area contributed by atoms with Crippen LogP contribution in [0.2, 0.25) is 0 Å². The summed E-state index contributed by atoms with van der Waals surface area (Å²) in [6.45, 7) is 10.5. The monoisotopic (exact) mass is 413 g/mol. The topological polar surface area (TPSA) is 63.1 Å². The molecule has 0 unspecified atom stereocenters. The highest BCUT2D eigenvalue weighted by Gasteiger charge is 2.29. The van der Waals surface area contributed by atoms with E-state index in [1.807, 2.05) is 38.1 Å². The Morgan fingerprint density at radius 2 is 1.83 bits per heavy atom. The molecular formula is C22H31N5O3.